The van der Waals surface area contributed by atoms with Crippen LogP contribution in [0, 0.1) is 0 Å². The van der Waals surface area contributed by atoms with Crippen LogP contribution in [0.1, 0.15) is 39.4 Å². The van der Waals surface area contributed by atoms with Gasteiger partial charge in [0, 0.05) is 7.05 Å². The van der Waals surface area contributed by atoms with Crippen LogP contribution in [0.2, 0.25) is 0 Å². The molecule has 0 aliphatic carbocycles. The first kappa shape index (κ1) is 15.0. The van der Waals surface area contributed by atoms with Gasteiger partial charge in [0.05, 0.1) is 37.3 Å². The molecule has 18 heavy (non-hydrogen) atoms. The predicted octanol–water partition coefficient (Wildman–Crippen LogP) is 1.89. The van der Waals surface area contributed by atoms with Crippen LogP contribution < -0.4 is 10.1 Å². The van der Waals surface area contributed by atoms with Crippen molar-refractivity contribution in [3.8, 4) is 5.75 Å². The van der Waals surface area contributed by atoms with E-state index in [-0.39, 0.29) is 11.6 Å². The topological polar surface area (TPSA) is 48.3 Å². The number of hydrogen-bond acceptors (Lipinski definition) is 4. The molecule has 5 heteroatoms. The molecule has 1 unspecified atom stereocenters. The molecule has 0 radical (unpaired) electrons. The Labute approximate surface area is 109 Å². The molecule has 0 saturated heterocycles. The fourth-order valence-electron chi connectivity index (χ4n) is 1.80. The van der Waals surface area contributed by atoms with E-state index in [2.05, 4.69) is 38.1 Å². The van der Waals surface area contributed by atoms with E-state index in [1.54, 1.807) is 13.3 Å². The van der Waals surface area contributed by atoms with E-state index in [1.807, 2.05) is 11.7 Å². The van der Waals surface area contributed by atoms with Crippen molar-refractivity contribution < 1.29 is 9.47 Å². The van der Waals surface area contributed by atoms with Crippen molar-refractivity contribution in [1.82, 2.24) is 15.1 Å². The highest BCUT2D eigenvalue weighted by molar-refractivity contribution is 5.28. The second kappa shape index (κ2) is 6.20. The molecule has 1 aromatic heterocycles. The third-order valence-electron chi connectivity index (χ3n) is 2.63. The van der Waals surface area contributed by atoms with Crippen molar-refractivity contribution >= 4 is 0 Å². The fraction of sp³-hybridized carbons (Fsp3) is 0.769. The van der Waals surface area contributed by atoms with Gasteiger partial charge in [0.2, 0.25) is 0 Å². The Morgan fingerprint density at radius 1 is 1.44 bits per heavy atom. The van der Waals surface area contributed by atoms with Crippen molar-refractivity contribution in [3.05, 3.63) is 11.9 Å². The lowest BCUT2D eigenvalue weighted by Gasteiger charge is -2.25. The summed E-state index contributed by atoms with van der Waals surface area (Å²) in [5.41, 5.74) is 0.864. The van der Waals surface area contributed by atoms with Gasteiger partial charge < -0.3 is 14.8 Å². The smallest absolute Gasteiger partial charge is 0.161 e. The van der Waals surface area contributed by atoms with Gasteiger partial charge in [-0.2, -0.15) is 5.10 Å². The number of methoxy groups -OCH3 is 1. The van der Waals surface area contributed by atoms with Crippen molar-refractivity contribution in [3.63, 3.8) is 0 Å². The number of rotatable bonds is 6. The monoisotopic (exact) mass is 255 g/mol. The van der Waals surface area contributed by atoms with Crippen LogP contribution in [-0.2, 0) is 11.8 Å². The quantitative estimate of drug-likeness (QED) is 0.843. The van der Waals surface area contributed by atoms with Gasteiger partial charge in [0.15, 0.2) is 5.75 Å². The lowest BCUT2D eigenvalue weighted by Crippen LogP contribution is -2.31. The van der Waals surface area contributed by atoms with E-state index in [0.29, 0.717) is 6.61 Å². The minimum Gasteiger partial charge on any atom is -0.493 e. The molecule has 0 aliphatic heterocycles. The lowest BCUT2D eigenvalue weighted by atomic mass is 10.1. The number of hydrogen-bond donors (Lipinski definition) is 1. The number of nitrogens with one attached hydrogen (secondary N) is 1. The van der Waals surface area contributed by atoms with Gasteiger partial charge in [-0.05, 0) is 27.3 Å². The van der Waals surface area contributed by atoms with Gasteiger partial charge in [0.1, 0.15) is 0 Å². The van der Waals surface area contributed by atoms with Crippen molar-refractivity contribution in [1.29, 1.82) is 0 Å². The van der Waals surface area contributed by atoms with E-state index in [9.17, 15) is 0 Å². The van der Waals surface area contributed by atoms with Gasteiger partial charge in [-0.1, -0.05) is 6.92 Å². The van der Waals surface area contributed by atoms with Crippen molar-refractivity contribution in [2.24, 2.45) is 7.05 Å². The zero-order chi connectivity index (χ0) is 13.8. The Bertz CT molecular complexity index is 369. The summed E-state index contributed by atoms with van der Waals surface area (Å²) >= 11 is 0. The molecule has 0 amide bonds. The van der Waals surface area contributed by atoms with Crippen LogP contribution in [0.3, 0.4) is 0 Å². The molecule has 1 N–H and O–H groups in total. The Balaban J connectivity index is 2.86. The van der Waals surface area contributed by atoms with E-state index >= 15 is 0 Å². The summed E-state index contributed by atoms with van der Waals surface area (Å²) in [5.74, 6) is 0.793. The average Bonchev–Trinajstić information content (AvgIpc) is 2.64. The Morgan fingerprint density at radius 3 is 2.61 bits per heavy atom. The highest BCUT2D eigenvalue weighted by atomic mass is 16.5. The molecule has 0 bridgehead atoms. The van der Waals surface area contributed by atoms with Gasteiger partial charge in [-0.15, -0.1) is 0 Å². The lowest BCUT2D eigenvalue weighted by molar-refractivity contribution is -0.0158. The van der Waals surface area contributed by atoms with Crippen LogP contribution >= 0.6 is 0 Å². The molecule has 0 spiro atoms. The second-order valence-electron chi connectivity index (χ2n) is 5.26. The standard InChI is InChI=1S/C13H25N3O2/c1-7-14-10(9-18-13(2,3)4)12-11(17-6)8-15-16(12)5/h8,10,14H,7,9H2,1-6H3. The Hall–Kier alpha value is -1.07. The fourth-order valence-corrected chi connectivity index (χ4v) is 1.80. The molecule has 0 saturated carbocycles. The first-order valence-corrected chi connectivity index (χ1v) is 6.32. The molecule has 0 aliphatic rings. The first-order valence-electron chi connectivity index (χ1n) is 6.32. The number of nitrogens with zero attached hydrogens (tertiary/aromatic N) is 2. The summed E-state index contributed by atoms with van der Waals surface area (Å²) in [7, 11) is 3.58. The molecular formula is C13H25N3O2. The van der Waals surface area contributed by atoms with E-state index in [1.165, 1.54) is 0 Å². The number of ether oxygens (including phenoxy) is 2. The Morgan fingerprint density at radius 2 is 2.11 bits per heavy atom. The largest absolute Gasteiger partial charge is 0.493 e. The van der Waals surface area contributed by atoms with Crippen LogP contribution in [0.25, 0.3) is 0 Å². The van der Waals surface area contributed by atoms with Crippen molar-refractivity contribution in [2.75, 3.05) is 20.3 Å². The van der Waals surface area contributed by atoms with Crippen molar-refractivity contribution in [2.45, 2.75) is 39.3 Å². The highest BCUT2D eigenvalue weighted by Crippen LogP contribution is 2.25. The van der Waals surface area contributed by atoms with Crippen LogP contribution in [0.5, 0.6) is 5.75 Å². The predicted molar refractivity (Wildman–Crippen MR) is 71.9 cm³/mol. The SMILES string of the molecule is CCNC(COC(C)(C)C)c1c(OC)cnn1C. The maximum Gasteiger partial charge on any atom is 0.161 e. The van der Waals surface area contributed by atoms with Gasteiger partial charge in [-0.25, -0.2) is 0 Å². The van der Waals surface area contributed by atoms with E-state index in [0.717, 1.165) is 18.0 Å². The molecule has 1 rings (SSSR count). The maximum atomic E-state index is 5.86. The molecule has 104 valence electrons. The second-order valence-corrected chi connectivity index (χ2v) is 5.26. The third kappa shape index (κ3) is 3.99. The zero-order valence-electron chi connectivity index (χ0n) is 12.3. The van der Waals surface area contributed by atoms with Gasteiger partial charge in [-0.3, -0.25) is 4.68 Å². The molecule has 1 atom stereocenters. The molecule has 1 aromatic rings. The van der Waals surface area contributed by atoms with Gasteiger partial charge in [0.25, 0.3) is 0 Å². The summed E-state index contributed by atoms with van der Waals surface area (Å²) in [6, 6.07) is 0.0803. The summed E-state index contributed by atoms with van der Waals surface area (Å²) < 4.78 is 13.0. The normalized spacial score (nSPS) is 13.7. The van der Waals surface area contributed by atoms with Crippen LogP contribution in [0.4, 0.5) is 0 Å². The highest BCUT2D eigenvalue weighted by Gasteiger charge is 2.22. The minimum atomic E-state index is -0.153. The molecule has 0 fully saturated rings. The van der Waals surface area contributed by atoms with E-state index < -0.39 is 0 Å². The average molecular weight is 255 g/mol. The first-order chi connectivity index (χ1) is 8.39. The summed E-state index contributed by atoms with van der Waals surface area (Å²) in [4.78, 5) is 0. The number of aromatic nitrogens is 2. The zero-order valence-corrected chi connectivity index (χ0v) is 12.3. The van der Waals surface area contributed by atoms with Gasteiger partial charge >= 0.3 is 0 Å². The summed E-state index contributed by atoms with van der Waals surface area (Å²) in [6.45, 7) is 9.69. The maximum absolute atomic E-state index is 5.86. The van der Waals surface area contributed by atoms with Crippen LogP contribution in [0.15, 0.2) is 6.20 Å². The van der Waals surface area contributed by atoms with E-state index in [4.69, 9.17) is 9.47 Å². The number of aryl methyl sites for hydroxylation is 1. The van der Waals surface area contributed by atoms with Crippen LogP contribution in [-0.4, -0.2) is 35.6 Å². The molecule has 1 heterocycles. The Kier molecular flexibility index (Phi) is 5.16. The summed E-state index contributed by atoms with van der Waals surface area (Å²) in [5, 5.41) is 7.64. The minimum absolute atomic E-state index is 0.0803. The third-order valence-corrected chi connectivity index (χ3v) is 2.63. The molecular weight excluding hydrogens is 230 g/mol. The molecule has 0 aromatic carbocycles. The molecule has 5 nitrogen and oxygen atoms in total. The number of likely N-dealkylation sites (N-methyl/N-ethyl adjacent to an activating group) is 1. The summed E-state index contributed by atoms with van der Waals surface area (Å²) in [6.07, 6.45) is 1.73.